The van der Waals surface area contributed by atoms with Crippen LogP contribution in [0.15, 0.2) is 54.7 Å². The van der Waals surface area contributed by atoms with Crippen LogP contribution < -0.4 is 9.47 Å². The average molecular weight is 469 g/mol. The predicted molar refractivity (Wildman–Crippen MR) is 125 cm³/mol. The van der Waals surface area contributed by atoms with Gasteiger partial charge >= 0.3 is 5.97 Å². The molecule has 180 valence electrons. The highest BCUT2D eigenvalue weighted by Crippen LogP contribution is 2.50. The van der Waals surface area contributed by atoms with Gasteiger partial charge in [0.1, 0.15) is 12.2 Å². The molecule has 0 aliphatic heterocycles. The summed E-state index contributed by atoms with van der Waals surface area (Å²) < 4.78 is 16.6. The Morgan fingerprint density at radius 3 is 2.44 bits per heavy atom. The Hall–Kier alpha value is -3.88. The van der Waals surface area contributed by atoms with Crippen molar-refractivity contribution in [2.45, 2.75) is 25.9 Å². The SMILES string of the molecule is COc1cc(C(=O)C=CN(C)C)c([N+](=O)[O-])cc1OCC1(CC(=O)OCc2ccccc2)CC1. The molecular weight excluding hydrogens is 440 g/mol. The molecule has 1 aliphatic carbocycles. The summed E-state index contributed by atoms with van der Waals surface area (Å²) >= 11 is 0. The molecule has 0 atom stereocenters. The van der Waals surface area contributed by atoms with Gasteiger partial charge in [-0.15, -0.1) is 0 Å². The van der Waals surface area contributed by atoms with E-state index in [4.69, 9.17) is 14.2 Å². The maximum absolute atomic E-state index is 12.5. The van der Waals surface area contributed by atoms with E-state index in [2.05, 4.69) is 0 Å². The van der Waals surface area contributed by atoms with E-state index in [0.29, 0.717) is 0 Å². The van der Waals surface area contributed by atoms with Crippen LogP contribution in [-0.2, 0) is 16.1 Å². The number of nitro groups is 1. The van der Waals surface area contributed by atoms with Gasteiger partial charge in [0.15, 0.2) is 17.3 Å². The van der Waals surface area contributed by atoms with Gasteiger partial charge in [-0.2, -0.15) is 0 Å². The second kappa shape index (κ2) is 10.8. The van der Waals surface area contributed by atoms with E-state index in [0.717, 1.165) is 18.4 Å². The minimum atomic E-state index is -0.628. The number of rotatable bonds is 12. The summed E-state index contributed by atoms with van der Waals surface area (Å²) in [4.78, 5) is 37.5. The molecule has 1 aliphatic rings. The predicted octanol–water partition coefficient (Wildman–Crippen LogP) is 4.15. The molecule has 9 heteroatoms. The van der Waals surface area contributed by atoms with E-state index < -0.39 is 10.7 Å². The number of nitrogens with zero attached hydrogens (tertiary/aromatic N) is 2. The number of ketones is 1. The molecule has 0 aromatic heterocycles. The Morgan fingerprint density at radius 1 is 1.15 bits per heavy atom. The van der Waals surface area contributed by atoms with Gasteiger partial charge in [-0.05, 0) is 18.4 Å². The number of benzene rings is 2. The summed E-state index contributed by atoms with van der Waals surface area (Å²) in [5.74, 6) is -0.498. The highest BCUT2D eigenvalue weighted by Gasteiger charge is 2.46. The third kappa shape index (κ3) is 6.57. The average Bonchev–Trinajstić information content (AvgIpc) is 3.59. The number of esters is 1. The van der Waals surface area contributed by atoms with E-state index in [9.17, 15) is 19.7 Å². The van der Waals surface area contributed by atoms with E-state index >= 15 is 0 Å². The van der Waals surface area contributed by atoms with Crippen molar-refractivity contribution >= 4 is 17.4 Å². The maximum atomic E-state index is 12.5. The number of allylic oxidation sites excluding steroid dienone is 1. The summed E-state index contributed by atoms with van der Waals surface area (Å²) in [6.45, 7) is 0.378. The van der Waals surface area contributed by atoms with Gasteiger partial charge in [0.05, 0.1) is 31.1 Å². The minimum absolute atomic E-state index is 0.0991. The molecule has 0 spiro atoms. The lowest BCUT2D eigenvalue weighted by atomic mass is 10.0. The van der Waals surface area contributed by atoms with Crippen molar-refractivity contribution in [1.82, 2.24) is 4.90 Å². The smallest absolute Gasteiger partial charge is 0.306 e. The van der Waals surface area contributed by atoms with Gasteiger partial charge in [-0.3, -0.25) is 19.7 Å². The third-order valence-corrected chi connectivity index (χ3v) is 5.52. The number of ether oxygens (including phenoxy) is 3. The fourth-order valence-corrected chi connectivity index (χ4v) is 3.35. The Bertz CT molecular complexity index is 1080. The van der Waals surface area contributed by atoms with Crippen LogP contribution in [0.1, 0.15) is 35.2 Å². The summed E-state index contributed by atoms with van der Waals surface area (Å²) in [6.07, 6.45) is 4.52. The molecule has 0 bridgehead atoms. The van der Waals surface area contributed by atoms with Crippen LogP contribution in [-0.4, -0.2) is 49.4 Å². The van der Waals surface area contributed by atoms with Gasteiger partial charge in [0.25, 0.3) is 5.69 Å². The van der Waals surface area contributed by atoms with Crippen molar-refractivity contribution in [3.05, 3.63) is 76.0 Å². The molecule has 9 nitrogen and oxygen atoms in total. The number of hydrogen-bond donors (Lipinski definition) is 0. The zero-order valence-electron chi connectivity index (χ0n) is 19.5. The Morgan fingerprint density at radius 2 is 1.85 bits per heavy atom. The Balaban J connectivity index is 1.68. The highest BCUT2D eigenvalue weighted by atomic mass is 16.6. The van der Waals surface area contributed by atoms with Gasteiger partial charge in [-0.25, -0.2) is 0 Å². The molecule has 0 N–H and O–H groups in total. The summed E-state index contributed by atoms with van der Waals surface area (Å²) in [5, 5.41) is 11.6. The largest absolute Gasteiger partial charge is 0.493 e. The van der Waals surface area contributed by atoms with Crippen molar-refractivity contribution in [3.63, 3.8) is 0 Å². The summed E-state index contributed by atoms with van der Waals surface area (Å²) in [5.41, 5.74) is 0.0505. The van der Waals surface area contributed by atoms with Crippen LogP contribution in [0.5, 0.6) is 11.5 Å². The molecule has 0 amide bonds. The fraction of sp³-hybridized carbons (Fsp3) is 0.360. The van der Waals surface area contributed by atoms with Crippen LogP contribution in [0.2, 0.25) is 0 Å². The van der Waals surface area contributed by atoms with Crippen LogP contribution >= 0.6 is 0 Å². The molecule has 2 aromatic rings. The lowest BCUT2D eigenvalue weighted by Gasteiger charge is -2.17. The molecule has 1 fully saturated rings. The van der Waals surface area contributed by atoms with Crippen molar-refractivity contribution in [2.75, 3.05) is 27.8 Å². The first kappa shape index (κ1) is 24.8. The van der Waals surface area contributed by atoms with Gasteiger partial charge in [0, 0.05) is 37.9 Å². The minimum Gasteiger partial charge on any atom is -0.493 e. The Labute approximate surface area is 198 Å². The van der Waals surface area contributed by atoms with Crippen LogP contribution in [0.25, 0.3) is 0 Å². The van der Waals surface area contributed by atoms with Crippen molar-refractivity contribution in [2.24, 2.45) is 5.41 Å². The number of nitro benzene ring substituents is 1. The zero-order chi connectivity index (χ0) is 24.7. The van der Waals surface area contributed by atoms with Crippen molar-refractivity contribution in [1.29, 1.82) is 0 Å². The molecule has 0 unspecified atom stereocenters. The molecule has 0 saturated heterocycles. The van der Waals surface area contributed by atoms with Crippen LogP contribution in [0.3, 0.4) is 0 Å². The lowest BCUT2D eigenvalue weighted by Crippen LogP contribution is -2.19. The number of methoxy groups -OCH3 is 1. The van der Waals surface area contributed by atoms with Gasteiger partial charge in [-0.1, -0.05) is 30.3 Å². The second-order valence-electron chi connectivity index (χ2n) is 8.53. The first-order valence-corrected chi connectivity index (χ1v) is 10.8. The number of carbonyl (C=O) groups is 2. The van der Waals surface area contributed by atoms with Gasteiger partial charge in [0.2, 0.25) is 0 Å². The highest BCUT2D eigenvalue weighted by molar-refractivity contribution is 6.07. The first-order chi connectivity index (χ1) is 16.2. The summed E-state index contributed by atoms with van der Waals surface area (Å²) in [7, 11) is 4.87. The van der Waals surface area contributed by atoms with E-state index in [1.165, 1.54) is 31.5 Å². The molecule has 2 aromatic carbocycles. The standard InChI is InChI=1S/C25H28N2O7/c1-26(2)12-9-21(28)19-13-22(32-3)23(14-20(19)27(30)31)34-17-25(10-11-25)15-24(29)33-16-18-7-5-4-6-8-18/h4-9,12-14H,10-11,15-17H2,1-3H3. The topological polar surface area (TPSA) is 108 Å². The van der Waals surface area contributed by atoms with Crippen LogP contribution in [0.4, 0.5) is 5.69 Å². The normalized spacial score (nSPS) is 13.9. The first-order valence-electron chi connectivity index (χ1n) is 10.8. The lowest BCUT2D eigenvalue weighted by molar-refractivity contribution is -0.385. The molecule has 1 saturated carbocycles. The second-order valence-corrected chi connectivity index (χ2v) is 8.53. The van der Waals surface area contributed by atoms with E-state index in [-0.39, 0.29) is 53.8 Å². The monoisotopic (exact) mass is 468 g/mol. The quantitative estimate of drug-likeness (QED) is 0.150. The number of hydrogen-bond acceptors (Lipinski definition) is 8. The van der Waals surface area contributed by atoms with Gasteiger partial charge < -0.3 is 19.1 Å². The molecule has 3 rings (SSSR count). The van der Waals surface area contributed by atoms with E-state index in [1.54, 1.807) is 19.0 Å². The van der Waals surface area contributed by atoms with Crippen LogP contribution in [0, 0.1) is 15.5 Å². The van der Waals surface area contributed by atoms with E-state index in [1.807, 2.05) is 30.3 Å². The van der Waals surface area contributed by atoms with Crippen molar-refractivity contribution in [3.8, 4) is 11.5 Å². The maximum Gasteiger partial charge on any atom is 0.306 e. The molecule has 0 radical (unpaired) electrons. The number of carbonyl (C=O) groups excluding carboxylic acids is 2. The Kier molecular flexibility index (Phi) is 7.88. The third-order valence-electron chi connectivity index (χ3n) is 5.52. The zero-order valence-corrected chi connectivity index (χ0v) is 19.5. The fourth-order valence-electron chi connectivity index (χ4n) is 3.35. The molecular formula is C25H28N2O7. The summed E-state index contributed by atoms with van der Waals surface area (Å²) in [6, 6.07) is 11.9. The molecule has 0 heterocycles. The van der Waals surface area contributed by atoms with Crippen molar-refractivity contribution < 1.29 is 28.7 Å². The molecule has 34 heavy (non-hydrogen) atoms.